The third-order valence-corrected chi connectivity index (χ3v) is 7.02. The van der Waals surface area contributed by atoms with Crippen LogP contribution in [0.15, 0.2) is 81.1 Å². The van der Waals surface area contributed by atoms with E-state index in [1.807, 2.05) is 49.4 Å². The molecule has 0 radical (unpaired) electrons. The van der Waals surface area contributed by atoms with Crippen molar-refractivity contribution in [3.8, 4) is 11.5 Å². The highest BCUT2D eigenvalue weighted by Gasteiger charge is 2.30. The molecule has 0 bridgehead atoms. The maximum atomic E-state index is 12.9. The number of nitrogens with zero attached hydrogens (tertiary/aromatic N) is 2. The zero-order valence-electron chi connectivity index (χ0n) is 20.6. The Hall–Kier alpha value is -3.56. The largest absolute Gasteiger partial charge is 0.490 e. The van der Waals surface area contributed by atoms with E-state index >= 15 is 0 Å². The molecule has 190 valence electrons. The van der Waals surface area contributed by atoms with Gasteiger partial charge in [-0.25, -0.2) is 9.79 Å². The molecule has 1 aliphatic heterocycles. The fourth-order valence-electron chi connectivity index (χ4n) is 3.51. The van der Waals surface area contributed by atoms with Gasteiger partial charge in [-0.15, -0.1) is 0 Å². The van der Waals surface area contributed by atoms with E-state index in [-0.39, 0.29) is 5.91 Å². The zero-order chi connectivity index (χ0) is 26.4. The predicted octanol–water partition coefficient (Wildman–Crippen LogP) is 6.45. The highest BCUT2D eigenvalue weighted by atomic mass is 79.9. The van der Waals surface area contributed by atoms with E-state index in [4.69, 9.17) is 14.2 Å². The quantitative estimate of drug-likeness (QED) is 0.225. The molecule has 0 aromatic heterocycles. The van der Waals surface area contributed by atoms with Crippen LogP contribution in [0, 0.1) is 0 Å². The van der Waals surface area contributed by atoms with Crippen LogP contribution in [0.1, 0.15) is 28.4 Å². The first-order valence-electron chi connectivity index (χ1n) is 11.5. The molecule has 4 rings (SSSR count). The summed E-state index contributed by atoms with van der Waals surface area (Å²) in [5.41, 5.74) is 2.89. The molecule has 7 nitrogen and oxygen atoms in total. The minimum absolute atomic E-state index is 0.159. The van der Waals surface area contributed by atoms with E-state index < -0.39 is 5.97 Å². The number of carbonyl (C=O) groups excluding carboxylic acids is 2. The van der Waals surface area contributed by atoms with Crippen LogP contribution in [0.2, 0.25) is 0 Å². The molecule has 1 amide bonds. The van der Waals surface area contributed by atoms with Gasteiger partial charge >= 0.3 is 5.97 Å². The standard InChI is InChI=1S/C28H25BrN2O5S/c1-4-35-23-15-19(14-22(29)25(23)36-17-18-8-6-5-7-9-18)16-24-26(32)31(2)28(37-24)30-21-12-10-20(11-13-21)27(33)34-3/h5-16H,4,17H2,1-3H3. The van der Waals surface area contributed by atoms with E-state index in [1.165, 1.54) is 23.8 Å². The van der Waals surface area contributed by atoms with Crippen LogP contribution in [0.3, 0.4) is 0 Å². The number of thioether (sulfide) groups is 1. The monoisotopic (exact) mass is 580 g/mol. The highest BCUT2D eigenvalue weighted by molar-refractivity contribution is 9.10. The smallest absolute Gasteiger partial charge is 0.337 e. The second-order valence-corrected chi connectivity index (χ2v) is 9.81. The summed E-state index contributed by atoms with van der Waals surface area (Å²) in [5, 5.41) is 0.536. The number of methoxy groups -OCH3 is 1. The fourth-order valence-corrected chi connectivity index (χ4v) is 5.07. The normalized spacial score (nSPS) is 15.4. The molecule has 1 fully saturated rings. The third-order valence-electron chi connectivity index (χ3n) is 5.37. The summed E-state index contributed by atoms with van der Waals surface area (Å²) in [4.78, 5) is 31.2. The van der Waals surface area contributed by atoms with E-state index in [1.54, 1.807) is 37.4 Å². The summed E-state index contributed by atoms with van der Waals surface area (Å²) >= 11 is 4.88. The fraction of sp³-hybridized carbons (Fsp3) is 0.179. The lowest BCUT2D eigenvalue weighted by atomic mass is 10.1. The average molecular weight is 581 g/mol. The molecule has 1 heterocycles. The van der Waals surface area contributed by atoms with Gasteiger partial charge in [-0.1, -0.05) is 30.3 Å². The maximum absolute atomic E-state index is 12.9. The molecular weight excluding hydrogens is 556 g/mol. The van der Waals surface area contributed by atoms with E-state index in [0.717, 1.165) is 15.6 Å². The van der Waals surface area contributed by atoms with Gasteiger partial charge < -0.3 is 14.2 Å². The number of esters is 1. The second kappa shape index (κ2) is 12.1. The number of amides is 1. The number of benzene rings is 3. The Morgan fingerprint density at radius 3 is 2.49 bits per heavy atom. The number of halogens is 1. The van der Waals surface area contributed by atoms with E-state index in [0.29, 0.717) is 46.0 Å². The molecule has 0 saturated carbocycles. The van der Waals surface area contributed by atoms with Gasteiger partial charge in [0.05, 0.1) is 34.3 Å². The summed E-state index contributed by atoms with van der Waals surface area (Å²) in [5.74, 6) is 0.616. The molecule has 37 heavy (non-hydrogen) atoms. The lowest BCUT2D eigenvalue weighted by Gasteiger charge is -2.15. The van der Waals surface area contributed by atoms with Crippen molar-refractivity contribution in [1.82, 2.24) is 4.90 Å². The average Bonchev–Trinajstić information content (AvgIpc) is 3.16. The van der Waals surface area contributed by atoms with Crippen molar-refractivity contribution in [3.63, 3.8) is 0 Å². The number of aliphatic imine (C=N–C) groups is 1. The van der Waals surface area contributed by atoms with Crippen LogP contribution < -0.4 is 9.47 Å². The van der Waals surface area contributed by atoms with E-state index in [2.05, 4.69) is 20.9 Å². The van der Waals surface area contributed by atoms with Crippen LogP contribution in [-0.2, 0) is 16.1 Å². The maximum Gasteiger partial charge on any atom is 0.337 e. The Balaban J connectivity index is 1.56. The second-order valence-electron chi connectivity index (χ2n) is 7.94. The van der Waals surface area contributed by atoms with Crippen molar-refractivity contribution in [3.05, 3.63) is 92.8 Å². The lowest BCUT2D eigenvalue weighted by molar-refractivity contribution is -0.121. The number of hydrogen-bond donors (Lipinski definition) is 0. The van der Waals surface area contributed by atoms with E-state index in [9.17, 15) is 9.59 Å². The van der Waals surface area contributed by atoms with Crippen molar-refractivity contribution in [2.75, 3.05) is 20.8 Å². The molecule has 0 aliphatic carbocycles. The molecule has 1 saturated heterocycles. The van der Waals surface area contributed by atoms with Crippen molar-refractivity contribution >= 4 is 56.5 Å². The summed E-state index contributed by atoms with van der Waals surface area (Å²) < 4.78 is 17.4. The van der Waals surface area contributed by atoms with Crippen LogP contribution in [0.4, 0.5) is 5.69 Å². The van der Waals surface area contributed by atoms with Crippen molar-refractivity contribution in [2.45, 2.75) is 13.5 Å². The van der Waals surface area contributed by atoms with Gasteiger partial charge in [0, 0.05) is 7.05 Å². The van der Waals surface area contributed by atoms with Crippen LogP contribution in [0.5, 0.6) is 11.5 Å². The minimum Gasteiger partial charge on any atom is -0.490 e. The molecular formula is C28H25BrN2O5S. The predicted molar refractivity (Wildman–Crippen MR) is 149 cm³/mol. The number of likely N-dealkylation sites (N-methyl/N-ethyl adjacent to an activating group) is 1. The lowest BCUT2D eigenvalue weighted by Crippen LogP contribution is -2.23. The van der Waals surface area contributed by atoms with Crippen LogP contribution >= 0.6 is 27.7 Å². The molecule has 3 aromatic rings. The number of hydrogen-bond acceptors (Lipinski definition) is 7. The van der Waals surface area contributed by atoms with Gasteiger partial charge in [-0.3, -0.25) is 9.69 Å². The Morgan fingerprint density at radius 2 is 1.81 bits per heavy atom. The molecule has 0 atom stereocenters. The number of carbonyl (C=O) groups is 2. The van der Waals surface area contributed by atoms with Crippen molar-refractivity contribution < 1.29 is 23.8 Å². The van der Waals surface area contributed by atoms with Gasteiger partial charge in [0.25, 0.3) is 5.91 Å². The zero-order valence-corrected chi connectivity index (χ0v) is 23.0. The van der Waals surface area contributed by atoms with Gasteiger partial charge in [-0.05, 0) is 88.2 Å². The molecule has 1 aliphatic rings. The molecule has 0 spiro atoms. The Labute approximate surface area is 228 Å². The molecule has 3 aromatic carbocycles. The molecule has 0 unspecified atom stereocenters. The summed E-state index contributed by atoms with van der Waals surface area (Å²) in [6, 6.07) is 20.3. The molecule has 0 N–H and O–H groups in total. The summed E-state index contributed by atoms with van der Waals surface area (Å²) in [6.45, 7) is 2.78. The SMILES string of the molecule is CCOc1cc(C=C2SC(=Nc3ccc(C(=O)OC)cc3)N(C)C2=O)cc(Br)c1OCc1ccccc1. The number of amidine groups is 1. The van der Waals surface area contributed by atoms with Crippen molar-refractivity contribution in [2.24, 2.45) is 4.99 Å². The molecule has 9 heteroatoms. The Morgan fingerprint density at radius 1 is 1.08 bits per heavy atom. The van der Waals surface area contributed by atoms with Gasteiger partial charge in [0.15, 0.2) is 16.7 Å². The number of rotatable bonds is 8. The summed E-state index contributed by atoms with van der Waals surface area (Å²) in [6.07, 6.45) is 1.81. The van der Waals surface area contributed by atoms with Gasteiger partial charge in [-0.2, -0.15) is 0 Å². The van der Waals surface area contributed by atoms with Crippen LogP contribution in [0.25, 0.3) is 6.08 Å². The van der Waals surface area contributed by atoms with Crippen molar-refractivity contribution in [1.29, 1.82) is 0 Å². The van der Waals surface area contributed by atoms with Gasteiger partial charge in [0.1, 0.15) is 6.61 Å². The Kier molecular flexibility index (Phi) is 8.68. The topological polar surface area (TPSA) is 77.4 Å². The summed E-state index contributed by atoms with van der Waals surface area (Å²) in [7, 11) is 3.02. The first-order chi connectivity index (χ1) is 17.9. The first-order valence-corrected chi connectivity index (χ1v) is 13.1. The first kappa shape index (κ1) is 26.5. The number of ether oxygens (including phenoxy) is 3. The third kappa shape index (κ3) is 6.42. The van der Waals surface area contributed by atoms with Crippen LogP contribution in [-0.4, -0.2) is 42.7 Å². The highest BCUT2D eigenvalue weighted by Crippen LogP contribution is 2.40. The van der Waals surface area contributed by atoms with Gasteiger partial charge in [0.2, 0.25) is 0 Å². The Bertz CT molecular complexity index is 1360. The minimum atomic E-state index is -0.416.